The van der Waals surface area contributed by atoms with Crippen molar-refractivity contribution in [2.24, 2.45) is 5.92 Å². The van der Waals surface area contributed by atoms with E-state index in [9.17, 15) is 33.6 Å². The number of nitrogens with zero attached hydrogens (tertiary/aromatic N) is 2. The Bertz CT molecular complexity index is 760. The summed E-state index contributed by atoms with van der Waals surface area (Å²) in [6, 6.07) is -1.06. The number of unbranched alkanes of at least 4 members (excludes halogenated alkanes) is 1. The summed E-state index contributed by atoms with van der Waals surface area (Å²) in [5.74, 6) is -4.89. The summed E-state index contributed by atoms with van der Waals surface area (Å²) in [7, 11) is 0. The predicted molar refractivity (Wildman–Crippen MR) is 99.6 cm³/mol. The van der Waals surface area contributed by atoms with Gasteiger partial charge in [-0.3, -0.25) is 24.0 Å². The molecule has 1 atom stereocenters. The van der Waals surface area contributed by atoms with Crippen LogP contribution >= 0.6 is 0 Å². The molecule has 2 aliphatic heterocycles. The molecule has 31 heavy (non-hydrogen) atoms. The average Bonchev–Trinajstić information content (AvgIpc) is 3.19. The van der Waals surface area contributed by atoms with Crippen LogP contribution in [0, 0.1) is 5.92 Å². The van der Waals surface area contributed by atoms with Gasteiger partial charge in [-0.05, 0) is 18.8 Å². The van der Waals surface area contributed by atoms with Gasteiger partial charge in [0.2, 0.25) is 5.91 Å². The van der Waals surface area contributed by atoms with E-state index in [0.29, 0.717) is 10.1 Å². The summed E-state index contributed by atoms with van der Waals surface area (Å²) < 4.78 is 0. The Labute approximate surface area is 178 Å². The normalized spacial score (nSPS) is 17.4. The van der Waals surface area contributed by atoms with Crippen molar-refractivity contribution in [3.63, 3.8) is 0 Å². The molecule has 170 valence electrons. The lowest BCUT2D eigenvalue weighted by molar-refractivity contribution is -0.199. The largest absolute Gasteiger partial charge is 0.355 e. The van der Waals surface area contributed by atoms with Gasteiger partial charge in [-0.1, -0.05) is 13.8 Å². The zero-order valence-corrected chi connectivity index (χ0v) is 17.4. The van der Waals surface area contributed by atoms with Gasteiger partial charge < -0.3 is 15.0 Å². The molecular weight excluding hydrogens is 414 g/mol. The molecule has 12 heteroatoms. The Kier molecular flexibility index (Phi) is 8.22. The number of hydroxylamine groups is 4. The zero-order chi connectivity index (χ0) is 23.1. The minimum Gasteiger partial charge on any atom is -0.342 e. The number of carbonyl (C=O) groups is 7. The highest BCUT2D eigenvalue weighted by molar-refractivity contribution is 6.02. The Hall–Kier alpha value is -3.31. The van der Waals surface area contributed by atoms with Crippen LogP contribution < -0.4 is 5.32 Å². The van der Waals surface area contributed by atoms with Crippen LogP contribution in [0.15, 0.2) is 0 Å². The van der Waals surface area contributed by atoms with E-state index in [1.807, 2.05) is 0 Å². The van der Waals surface area contributed by atoms with Crippen molar-refractivity contribution in [3.05, 3.63) is 0 Å². The van der Waals surface area contributed by atoms with E-state index < -0.39 is 47.5 Å². The van der Waals surface area contributed by atoms with E-state index in [4.69, 9.17) is 9.68 Å². The molecule has 0 spiro atoms. The van der Waals surface area contributed by atoms with Crippen molar-refractivity contribution >= 4 is 41.5 Å². The van der Waals surface area contributed by atoms with Gasteiger partial charge in [0.15, 0.2) is 0 Å². The number of imide groups is 2. The number of hydrogen-bond donors (Lipinski definition) is 1. The van der Waals surface area contributed by atoms with Crippen LogP contribution in [-0.4, -0.2) is 57.6 Å². The number of nitrogens with one attached hydrogen (secondary N) is 1. The summed E-state index contributed by atoms with van der Waals surface area (Å²) in [5, 5.41) is 3.39. The molecule has 0 saturated carbocycles. The number of hydrogen-bond acceptors (Lipinski definition) is 9. The van der Waals surface area contributed by atoms with Gasteiger partial charge in [-0.25, -0.2) is 9.59 Å². The molecule has 2 fully saturated rings. The fourth-order valence-electron chi connectivity index (χ4n) is 2.91. The molecule has 2 saturated heterocycles. The maximum absolute atomic E-state index is 12.3. The third-order valence-corrected chi connectivity index (χ3v) is 4.66. The second kappa shape index (κ2) is 10.6. The first-order valence-electron chi connectivity index (χ1n) is 10.0. The molecule has 0 aromatic rings. The minimum absolute atomic E-state index is 0.00577. The molecule has 0 aromatic carbocycles. The second-order valence-electron chi connectivity index (χ2n) is 7.53. The van der Waals surface area contributed by atoms with Gasteiger partial charge in [-0.2, -0.15) is 0 Å². The molecule has 0 unspecified atom stereocenters. The maximum atomic E-state index is 12.3. The SMILES string of the molecule is CC(C)[C@H](NC(=O)CCCCC(=O)ON1C(=O)CCC1=O)C(=O)ON1C(=O)CCC1=O. The lowest BCUT2D eigenvalue weighted by Gasteiger charge is -2.22. The van der Waals surface area contributed by atoms with E-state index in [1.54, 1.807) is 13.8 Å². The molecule has 0 bridgehead atoms. The van der Waals surface area contributed by atoms with Crippen molar-refractivity contribution in [2.45, 2.75) is 71.3 Å². The highest BCUT2D eigenvalue weighted by atomic mass is 16.7. The van der Waals surface area contributed by atoms with Gasteiger partial charge in [-0.15, -0.1) is 10.1 Å². The Morgan fingerprint density at radius 2 is 1.26 bits per heavy atom. The van der Waals surface area contributed by atoms with Gasteiger partial charge in [0.1, 0.15) is 6.04 Å². The highest BCUT2D eigenvalue weighted by Gasteiger charge is 2.36. The van der Waals surface area contributed by atoms with Crippen molar-refractivity contribution in [1.82, 2.24) is 15.4 Å². The van der Waals surface area contributed by atoms with Crippen LogP contribution in [0.1, 0.15) is 65.2 Å². The maximum Gasteiger partial charge on any atom is 0.355 e. The number of carbonyl (C=O) groups excluding carboxylic acids is 7. The van der Waals surface area contributed by atoms with Gasteiger partial charge >= 0.3 is 11.9 Å². The molecule has 0 aliphatic carbocycles. The molecular formula is C19H25N3O9. The van der Waals surface area contributed by atoms with E-state index in [2.05, 4.69) is 5.32 Å². The van der Waals surface area contributed by atoms with E-state index in [1.165, 1.54) is 0 Å². The van der Waals surface area contributed by atoms with Crippen LogP contribution in [0.5, 0.6) is 0 Å². The van der Waals surface area contributed by atoms with Gasteiger partial charge in [0, 0.05) is 38.5 Å². The van der Waals surface area contributed by atoms with Crippen molar-refractivity contribution in [3.8, 4) is 0 Å². The molecule has 12 nitrogen and oxygen atoms in total. The van der Waals surface area contributed by atoms with Crippen LogP contribution in [-0.2, 0) is 43.2 Å². The third kappa shape index (κ3) is 6.59. The zero-order valence-electron chi connectivity index (χ0n) is 17.4. The summed E-state index contributed by atoms with van der Waals surface area (Å²) in [5.41, 5.74) is 0. The lowest BCUT2D eigenvalue weighted by Crippen LogP contribution is -2.48. The first kappa shape index (κ1) is 24.0. The van der Waals surface area contributed by atoms with E-state index >= 15 is 0 Å². The van der Waals surface area contributed by atoms with Gasteiger partial charge in [0.05, 0.1) is 0 Å². The van der Waals surface area contributed by atoms with Gasteiger partial charge in [0.25, 0.3) is 23.6 Å². The molecule has 2 heterocycles. The number of rotatable bonds is 10. The second-order valence-corrected chi connectivity index (χ2v) is 7.53. The van der Waals surface area contributed by atoms with Crippen LogP contribution in [0.4, 0.5) is 0 Å². The number of amides is 5. The summed E-state index contributed by atoms with van der Waals surface area (Å²) in [4.78, 5) is 91.7. The molecule has 5 amide bonds. The average molecular weight is 439 g/mol. The van der Waals surface area contributed by atoms with E-state index in [-0.39, 0.29) is 57.3 Å². The molecule has 0 aromatic heterocycles. The predicted octanol–water partition coefficient (Wildman–Crippen LogP) is -0.0980. The fourth-order valence-corrected chi connectivity index (χ4v) is 2.91. The summed E-state index contributed by atoms with van der Waals surface area (Å²) in [6.07, 6.45) is 0.381. The third-order valence-electron chi connectivity index (χ3n) is 4.66. The topological polar surface area (TPSA) is 156 Å². The Morgan fingerprint density at radius 1 is 0.806 bits per heavy atom. The quantitative estimate of drug-likeness (QED) is 0.363. The smallest absolute Gasteiger partial charge is 0.342 e. The summed E-state index contributed by atoms with van der Waals surface area (Å²) in [6.45, 7) is 3.33. The van der Waals surface area contributed by atoms with Crippen LogP contribution in [0.2, 0.25) is 0 Å². The van der Waals surface area contributed by atoms with E-state index in [0.717, 1.165) is 0 Å². The Morgan fingerprint density at radius 3 is 1.74 bits per heavy atom. The van der Waals surface area contributed by atoms with Crippen LogP contribution in [0.25, 0.3) is 0 Å². The van der Waals surface area contributed by atoms with Crippen molar-refractivity contribution < 1.29 is 43.2 Å². The molecule has 1 N–H and O–H groups in total. The first-order valence-corrected chi connectivity index (χ1v) is 10.0. The Balaban J connectivity index is 1.72. The van der Waals surface area contributed by atoms with Crippen molar-refractivity contribution in [1.29, 1.82) is 0 Å². The van der Waals surface area contributed by atoms with Crippen molar-refractivity contribution in [2.75, 3.05) is 0 Å². The monoisotopic (exact) mass is 439 g/mol. The highest BCUT2D eigenvalue weighted by Crippen LogP contribution is 2.15. The molecule has 2 aliphatic rings. The molecule has 2 rings (SSSR count). The first-order chi connectivity index (χ1) is 14.6. The molecule has 0 radical (unpaired) electrons. The summed E-state index contributed by atoms with van der Waals surface area (Å²) >= 11 is 0. The van der Waals surface area contributed by atoms with Crippen LogP contribution in [0.3, 0.4) is 0 Å². The lowest BCUT2D eigenvalue weighted by atomic mass is 10.0. The fraction of sp³-hybridized carbons (Fsp3) is 0.632. The standard InChI is InChI=1S/C19H25N3O9/c1-11(2)18(19(29)31-22-15(26)9-10-16(22)27)20-12(23)5-3-4-6-17(28)30-21-13(24)7-8-14(21)25/h11,18H,3-10H2,1-2H3,(H,20,23)/t18-/m0/s1. The minimum atomic E-state index is -1.06.